The van der Waals surface area contributed by atoms with Gasteiger partial charge in [-0.3, -0.25) is 0 Å². The number of hydrogen-bond acceptors (Lipinski definition) is 7. The fraction of sp³-hybridized carbons (Fsp3) is 0.250. The number of dihydropyridines is 1. The van der Waals surface area contributed by atoms with E-state index in [0.29, 0.717) is 0 Å². The molecule has 1 N–H and O–H groups in total. The third kappa shape index (κ3) is 9.37. The van der Waals surface area contributed by atoms with Crippen molar-refractivity contribution in [3.05, 3.63) is 115 Å². The Morgan fingerprint density at radius 2 is 1.42 bits per heavy atom. The summed E-state index contributed by atoms with van der Waals surface area (Å²) in [5.41, 5.74) is 4.45. The number of nitrogens with one attached hydrogen (secondary N) is 1. The number of nitrogens with zero attached hydrogens (tertiary/aromatic N) is 5. The van der Waals surface area contributed by atoms with Gasteiger partial charge in [-0.1, -0.05) is 62.0 Å². The summed E-state index contributed by atoms with van der Waals surface area (Å²) in [6.45, 7) is 12.3. The minimum absolute atomic E-state index is 0. The number of allylic oxidation sites excluding steroid dienone is 8. The standard InChI is InChI=1S/C11H14N3S.C11H13N3S.C2H6.Fe/c2*1-10-7-14(15-2)9-13(10)8-11-5-3-4-6-12-11;1-2;/h3-9,12H,1-2H3;3-9H,1-2H3;1-2H3;/q-1;-2;;+3/b2*11-8-;;. The Labute approximate surface area is 219 Å². The number of rotatable bonds is 4. The first kappa shape index (κ1) is 29.0. The van der Waals surface area contributed by atoms with Crippen molar-refractivity contribution >= 4 is 23.9 Å². The minimum atomic E-state index is 0. The van der Waals surface area contributed by atoms with Gasteiger partial charge >= 0.3 is 17.1 Å². The average Bonchev–Trinajstić information content (AvgIpc) is 3.38. The summed E-state index contributed by atoms with van der Waals surface area (Å²) in [5, 5.41) is 7.44. The largest absolute Gasteiger partial charge is 3.00 e. The van der Waals surface area contributed by atoms with Crippen LogP contribution in [0.2, 0.25) is 0 Å². The molecule has 0 aromatic carbocycles. The van der Waals surface area contributed by atoms with Crippen LogP contribution >= 0.6 is 23.9 Å². The van der Waals surface area contributed by atoms with Gasteiger partial charge in [0.15, 0.2) is 0 Å². The molecule has 4 heterocycles. The second-order valence-electron chi connectivity index (χ2n) is 6.50. The second-order valence-corrected chi connectivity index (χ2v) is 8.08. The van der Waals surface area contributed by atoms with Crippen molar-refractivity contribution in [2.45, 2.75) is 27.7 Å². The van der Waals surface area contributed by atoms with E-state index in [4.69, 9.17) is 0 Å². The second kappa shape index (κ2) is 15.7. The van der Waals surface area contributed by atoms with Crippen LogP contribution in [0.4, 0.5) is 0 Å². The molecule has 179 valence electrons. The van der Waals surface area contributed by atoms with Gasteiger partial charge in [-0.25, -0.2) is 0 Å². The summed E-state index contributed by atoms with van der Waals surface area (Å²) in [7, 11) is 0. The molecule has 0 fully saturated rings. The van der Waals surface area contributed by atoms with Gasteiger partial charge in [0.05, 0.1) is 5.70 Å². The van der Waals surface area contributed by atoms with Crippen molar-refractivity contribution in [2.75, 3.05) is 12.5 Å². The summed E-state index contributed by atoms with van der Waals surface area (Å²) in [6, 6.07) is 0. The molecule has 4 aliphatic heterocycles. The molecule has 0 aromatic rings. The van der Waals surface area contributed by atoms with Crippen LogP contribution in [0.15, 0.2) is 96.4 Å². The third-order valence-corrected chi connectivity index (χ3v) is 5.55. The molecule has 33 heavy (non-hydrogen) atoms. The molecule has 0 aliphatic carbocycles. The molecule has 0 saturated heterocycles. The van der Waals surface area contributed by atoms with Crippen molar-refractivity contribution in [2.24, 2.45) is 0 Å². The quantitative estimate of drug-likeness (QED) is 0.253. The predicted molar refractivity (Wildman–Crippen MR) is 141 cm³/mol. The van der Waals surface area contributed by atoms with Crippen LogP contribution in [-0.2, 0) is 17.1 Å². The molecule has 0 spiro atoms. The van der Waals surface area contributed by atoms with Crippen molar-refractivity contribution in [1.82, 2.24) is 23.7 Å². The molecule has 0 amide bonds. The van der Waals surface area contributed by atoms with E-state index in [9.17, 15) is 0 Å². The molecular formula is C24H33FeN6S2. The van der Waals surface area contributed by atoms with Gasteiger partial charge in [-0.2, -0.15) is 6.20 Å². The van der Waals surface area contributed by atoms with Gasteiger partial charge < -0.3 is 29.0 Å². The summed E-state index contributed by atoms with van der Waals surface area (Å²) in [6.07, 6.45) is 28.0. The zero-order valence-corrected chi connectivity index (χ0v) is 22.7. The Bertz CT molecular complexity index is 787. The Hall–Kier alpha value is -2.06. The van der Waals surface area contributed by atoms with Crippen LogP contribution in [0.25, 0.3) is 5.32 Å². The van der Waals surface area contributed by atoms with Crippen LogP contribution in [-0.4, -0.2) is 30.9 Å². The molecule has 0 bridgehead atoms. The smallest absolute Gasteiger partial charge is 0.663 e. The first-order valence-corrected chi connectivity index (χ1v) is 12.8. The van der Waals surface area contributed by atoms with Crippen molar-refractivity contribution in [3.63, 3.8) is 0 Å². The van der Waals surface area contributed by atoms with Gasteiger partial charge in [-0.15, -0.1) is 19.0 Å². The van der Waals surface area contributed by atoms with Crippen LogP contribution < -0.4 is 5.32 Å². The molecule has 0 unspecified atom stereocenters. The van der Waals surface area contributed by atoms with Crippen LogP contribution in [0.3, 0.4) is 0 Å². The van der Waals surface area contributed by atoms with Crippen molar-refractivity contribution < 1.29 is 17.1 Å². The Kier molecular flexibility index (Phi) is 13.8. The van der Waals surface area contributed by atoms with Crippen molar-refractivity contribution in [1.29, 1.82) is 0 Å². The topological polar surface area (TPSA) is 39.1 Å². The monoisotopic (exact) mass is 525 g/mol. The maximum atomic E-state index is 4.26. The van der Waals surface area contributed by atoms with E-state index in [1.54, 1.807) is 30.1 Å². The van der Waals surface area contributed by atoms with Crippen LogP contribution in [0.5, 0.6) is 0 Å². The first-order chi connectivity index (χ1) is 15.6. The Morgan fingerprint density at radius 3 is 1.88 bits per heavy atom. The van der Waals surface area contributed by atoms with Gasteiger partial charge in [0, 0.05) is 17.6 Å². The van der Waals surface area contributed by atoms with Crippen LogP contribution in [0.1, 0.15) is 27.7 Å². The first-order valence-electron chi connectivity index (χ1n) is 10.4. The molecule has 9 heteroatoms. The summed E-state index contributed by atoms with van der Waals surface area (Å²) >= 11 is 3.35. The minimum Gasteiger partial charge on any atom is -0.663 e. The van der Waals surface area contributed by atoms with E-state index in [0.717, 1.165) is 11.4 Å². The maximum Gasteiger partial charge on any atom is 3.00 e. The molecule has 4 aliphatic rings. The van der Waals surface area contributed by atoms with Crippen LogP contribution in [0, 0.1) is 13.3 Å². The molecule has 1 radical (unpaired) electrons. The Morgan fingerprint density at radius 1 is 0.848 bits per heavy atom. The fourth-order valence-electron chi connectivity index (χ4n) is 2.70. The summed E-state index contributed by atoms with van der Waals surface area (Å²) < 4.78 is 4.14. The number of hydrogen-bond donors (Lipinski definition) is 1. The summed E-state index contributed by atoms with van der Waals surface area (Å²) in [4.78, 5) is 4.17. The van der Waals surface area contributed by atoms with E-state index in [1.807, 2.05) is 75.6 Å². The molecule has 0 atom stereocenters. The van der Waals surface area contributed by atoms with E-state index in [2.05, 4.69) is 74.4 Å². The van der Waals surface area contributed by atoms with Gasteiger partial charge in [0.2, 0.25) is 0 Å². The molecule has 4 rings (SSSR count). The molecule has 0 aromatic heterocycles. The van der Waals surface area contributed by atoms with Gasteiger partial charge in [0.25, 0.3) is 0 Å². The zero-order chi connectivity index (χ0) is 23.3. The molecule has 0 saturated carbocycles. The van der Waals surface area contributed by atoms with E-state index < -0.39 is 0 Å². The molecular weight excluding hydrogens is 492 g/mol. The van der Waals surface area contributed by atoms with Crippen molar-refractivity contribution in [3.8, 4) is 0 Å². The zero-order valence-electron chi connectivity index (χ0n) is 20.0. The van der Waals surface area contributed by atoms with E-state index in [1.165, 1.54) is 11.4 Å². The molecule has 6 nitrogen and oxygen atoms in total. The Balaban J connectivity index is 0.000000299. The normalized spacial score (nSPS) is 20.4. The fourth-order valence-corrected chi connectivity index (χ4v) is 3.61. The van der Waals surface area contributed by atoms with Gasteiger partial charge in [-0.05, 0) is 63.3 Å². The predicted octanol–water partition coefficient (Wildman–Crippen LogP) is 6.56. The maximum absolute atomic E-state index is 4.26. The third-order valence-electron chi connectivity index (χ3n) is 4.31. The van der Waals surface area contributed by atoms with E-state index in [-0.39, 0.29) is 17.1 Å². The van der Waals surface area contributed by atoms with E-state index >= 15 is 0 Å². The average molecular weight is 526 g/mol. The van der Waals surface area contributed by atoms with Gasteiger partial charge in [0.1, 0.15) is 0 Å². The SMILES string of the molecule is CC.CSN1C=C(C)N(/C=C2/C=CC=CN2)[CH-]1.CSN1C=C(C)N(/C=C2/C=CC=C[N-]2)[CH-]1.[Fe+3]. The summed E-state index contributed by atoms with van der Waals surface area (Å²) in [5.74, 6) is 0.